The van der Waals surface area contributed by atoms with Gasteiger partial charge in [0, 0.05) is 13.1 Å². The molecule has 0 saturated carbocycles. The zero-order chi connectivity index (χ0) is 16.0. The van der Waals surface area contributed by atoms with E-state index >= 15 is 0 Å². The number of nitrogens with zero attached hydrogens (tertiary/aromatic N) is 1. The molecule has 0 unspecified atom stereocenters. The van der Waals surface area contributed by atoms with Gasteiger partial charge in [-0.25, -0.2) is 0 Å². The molecule has 1 aliphatic rings. The van der Waals surface area contributed by atoms with Gasteiger partial charge in [0.1, 0.15) is 0 Å². The van der Waals surface area contributed by atoms with E-state index in [0.717, 1.165) is 43.1 Å². The van der Waals surface area contributed by atoms with Crippen molar-refractivity contribution in [1.29, 1.82) is 0 Å². The molecule has 1 aromatic rings. The molecule has 0 bridgehead atoms. The van der Waals surface area contributed by atoms with Crippen LogP contribution in [0.2, 0.25) is 0 Å². The minimum atomic E-state index is -0.911. The molecule has 0 amide bonds. The van der Waals surface area contributed by atoms with E-state index in [4.69, 9.17) is 9.47 Å². The van der Waals surface area contributed by atoms with Gasteiger partial charge in [0.05, 0.1) is 25.9 Å². The quantitative estimate of drug-likeness (QED) is 0.839. The molecule has 1 aromatic carbocycles. The highest BCUT2D eigenvalue weighted by atomic mass is 16.5. The third kappa shape index (κ3) is 4.35. The lowest BCUT2D eigenvalue weighted by Crippen LogP contribution is -2.34. The van der Waals surface area contributed by atoms with Crippen molar-refractivity contribution in [1.82, 2.24) is 4.90 Å². The number of aliphatic hydroxyl groups excluding tert-OH is 1. The largest absolute Gasteiger partial charge is 0.493 e. The molecular formula is C17H27NO4. The van der Waals surface area contributed by atoms with E-state index < -0.39 is 5.60 Å². The van der Waals surface area contributed by atoms with Crippen LogP contribution in [0.4, 0.5) is 0 Å². The van der Waals surface area contributed by atoms with Gasteiger partial charge < -0.3 is 19.7 Å². The minimum Gasteiger partial charge on any atom is -0.493 e. The first-order valence-corrected chi connectivity index (χ1v) is 7.95. The summed E-state index contributed by atoms with van der Waals surface area (Å²) in [6.07, 6.45) is 2.16. The zero-order valence-corrected chi connectivity index (χ0v) is 13.5. The predicted molar refractivity (Wildman–Crippen MR) is 85.3 cm³/mol. The fourth-order valence-electron chi connectivity index (χ4n) is 2.89. The van der Waals surface area contributed by atoms with Gasteiger partial charge in [-0.15, -0.1) is 0 Å². The van der Waals surface area contributed by atoms with E-state index in [9.17, 15) is 10.2 Å². The van der Waals surface area contributed by atoms with E-state index in [1.54, 1.807) is 7.11 Å². The summed E-state index contributed by atoms with van der Waals surface area (Å²) in [5.41, 5.74) is 0.250. The third-order valence-electron chi connectivity index (χ3n) is 4.24. The standard InChI is InChI=1S/C17H27NO4/c1-3-22-15-6-5-14(11-16(15)21-2)12-18-9-4-7-17(20,13-19)8-10-18/h5-6,11,19-20H,3-4,7-10,12-13H2,1-2H3/t17-/m1/s1. The van der Waals surface area contributed by atoms with E-state index in [-0.39, 0.29) is 6.61 Å². The second-order valence-electron chi connectivity index (χ2n) is 5.93. The molecule has 5 nitrogen and oxygen atoms in total. The van der Waals surface area contributed by atoms with E-state index in [2.05, 4.69) is 11.0 Å². The Morgan fingerprint density at radius 1 is 1.23 bits per heavy atom. The molecular weight excluding hydrogens is 282 g/mol. The summed E-state index contributed by atoms with van der Waals surface area (Å²) >= 11 is 0. The summed E-state index contributed by atoms with van der Waals surface area (Å²) in [5.74, 6) is 1.51. The maximum absolute atomic E-state index is 10.2. The lowest BCUT2D eigenvalue weighted by molar-refractivity contribution is -0.0255. The number of methoxy groups -OCH3 is 1. The van der Waals surface area contributed by atoms with Crippen molar-refractivity contribution < 1.29 is 19.7 Å². The Labute approximate surface area is 132 Å². The van der Waals surface area contributed by atoms with E-state index in [1.807, 2.05) is 19.1 Å². The Morgan fingerprint density at radius 2 is 2.05 bits per heavy atom. The van der Waals surface area contributed by atoms with Crippen molar-refractivity contribution in [2.24, 2.45) is 0 Å². The number of benzene rings is 1. The van der Waals surface area contributed by atoms with Crippen LogP contribution in [0.25, 0.3) is 0 Å². The average Bonchev–Trinajstić information content (AvgIpc) is 2.72. The van der Waals surface area contributed by atoms with Crippen LogP contribution in [0.1, 0.15) is 31.7 Å². The smallest absolute Gasteiger partial charge is 0.161 e. The average molecular weight is 309 g/mol. The Bertz CT molecular complexity index is 480. The highest BCUT2D eigenvalue weighted by molar-refractivity contribution is 5.42. The van der Waals surface area contributed by atoms with Crippen LogP contribution in [0.5, 0.6) is 11.5 Å². The molecule has 0 spiro atoms. The van der Waals surface area contributed by atoms with Gasteiger partial charge in [-0.05, 0) is 50.4 Å². The molecule has 2 N–H and O–H groups in total. The van der Waals surface area contributed by atoms with Crippen molar-refractivity contribution in [2.45, 2.75) is 38.3 Å². The minimum absolute atomic E-state index is 0.155. The monoisotopic (exact) mass is 309 g/mol. The fourth-order valence-corrected chi connectivity index (χ4v) is 2.89. The Kier molecular flexibility index (Phi) is 6.06. The number of hydrogen-bond donors (Lipinski definition) is 2. The molecule has 5 heteroatoms. The van der Waals surface area contributed by atoms with E-state index in [1.165, 1.54) is 0 Å². The summed E-state index contributed by atoms with van der Waals surface area (Å²) in [4.78, 5) is 2.31. The molecule has 1 atom stereocenters. The summed E-state index contributed by atoms with van der Waals surface area (Å²) < 4.78 is 10.9. The number of aliphatic hydroxyl groups is 2. The molecule has 124 valence electrons. The van der Waals surface area contributed by atoms with Gasteiger partial charge in [0.15, 0.2) is 11.5 Å². The van der Waals surface area contributed by atoms with Gasteiger partial charge in [0.25, 0.3) is 0 Å². The first-order chi connectivity index (χ1) is 10.6. The predicted octanol–water partition coefficient (Wildman–Crippen LogP) is 1.80. The lowest BCUT2D eigenvalue weighted by atomic mass is 9.96. The number of rotatable bonds is 6. The van der Waals surface area contributed by atoms with Crippen molar-refractivity contribution in [2.75, 3.05) is 33.4 Å². The van der Waals surface area contributed by atoms with Crippen LogP contribution in [-0.4, -0.2) is 54.1 Å². The molecule has 0 aromatic heterocycles. The first-order valence-electron chi connectivity index (χ1n) is 7.95. The molecule has 0 radical (unpaired) electrons. The normalized spacial score (nSPS) is 23.1. The van der Waals surface area contributed by atoms with Crippen LogP contribution in [0.3, 0.4) is 0 Å². The van der Waals surface area contributed by atoms with Gasteiger partial charge in [-0.2, -0.15) is 0 Å². The maximum Gasteiger partial charge on any atom is 0.161 e. The summed E-state index contributed by atoms with van der Waals surface area (Å²) in [5, 5.41) is 19.5. The molecule has 22 heavy (non-hydrogen) atoms. The van der Waals surface area contributed by atoms with Crippen molar-refractivity contribution in [3.63, 3.8) is 0 Å². The first kappa shape index (κ1) is 17.1. The highest BCUT2D eigenvalue weighted by Crippen LogP contribution is 2.29. The SMILES string of the molecule is CCOc1ccc(CN2CCC[C@](O)(CO)CC2)cc1OC. The zero-order valence-electron chi connectivity index (χ0n) is 13.5. The van der Waals surface area contributed by atoms with Gasteiger partial charge in [0.2, 0.25) is 0 Å². The van der Waals surface area contributed by atoms with Crippen LogP contribution >= 0.6 is 0 Å². The molecule has 1 heterocycles. The Morgan fingerprint density at radius 3 is 2.73 bits per heavy atom. The van der Waals surface area contributed by atoms with E-state index in [0.29, 0.717) is 19.4 Å². The molecule has 1 saturated heterocycles. The topological polar surface area (TPSA) is 62.2 Å². The molecule has 1 fully saturated rings. The second kappa shape index (κ2) is 7.81. The summed E-state index contributed by atoms with van der Waals surface area (Å²) in [7, 11) is 1.65. The fraction of sp³-hybridized carbons (Fsp3) is 0.647. The van der Waals surface area contributed by atoms with Gasteiger partial charge >= 0.3 is 0 Å². The van der Waals surface area contributed by atoms with Gasteiger partial charge in [-0.1, -0.05) is 6.07 Å². The highest BCUT2D eigenvalue weighted by Gasteiger charge is 2.29. The summed E-state index contributed by atoms with van der Waals surface area (Å²) in [6, 6.07) is 6.00. The lowest BCUT2D eigenvalue weighted by Gasteiger charge is -2.24. The Hall–Kier alpha value is -1.30. The Balaban J connectivity index is 2.01. The van der Waals surface area contributed by atoms with Crippen molar-refractivity contribution in [3.8, 4) is 11.5 Å². The maximum atomic E-state index is 10.2. The number of ether oxygens (including phenoxy) is 2. The molecule has 1 aliphatic heterocycles. The van der Waals surface area contributed by atoms with Crippen LogP contribution in [0, 0.1) is 0 Å². The summed E-state index contributed by atoms with van der Waals surface area (Å²) in [6.45, 7) is 4.93. The van der Waals surface area contributed by atoms with Crippen molar-refractivity contribution >= 4 is 0 Å². The van der Waals surface area contributed by atoms with Crippen LogP contribution in [-0.2, 0) is 6.54 Å². The molecule has 0 aliphatic carbocycles. The molecule has 2 rings (SSSR count). The number of hydrogen-bond acceptors (Lipinski definition) is 5. The number of likely N-dealkylation sites (tertiary alicyclic amines) is 1. The third-order valence-corrected chi connectivity index (χ3v) is 4.24. The van der Waals surface area contributed by atoms with Crippen molar-refractivity contribution in [3.05, 3.63) is 23.8 Å². The van der Waals surface area contributed by atoms with Crippen LogP contribution < -0.4 is 9.47 Å². The van der Waals surface area contributed by atoms with Gasteiger partial charge in [-0.3, -0.25) is 4.90 Å². The second-order valence-corrected chi connectivity index (χ2v) is 5.93. The van der Waals surface area contributed by atoms with Crippen LogP contribution in [0.15, 0.2) is 18.2 Å².